The summed E-state index contributed by atoms with van der Waals surface area (Å²) in [5, 5.41) is 3.23. The highest BCUT2D eigenvalue weighted by molar-refractivity contribution is 6.12. The molecular weight excluding hydrogens is 556 g/mol. The van der Waals surface area contributed by atoms with Gasteiger partial charge in [0.25, 0.3) is 0 Å². The molecule has 0 spiro atoms. The van der Waals surface area contributed by atoms with Crippen molar-refractivity contribution in [2.24, 2.45) is 5.92 Å². The third-order valence-electron chi connectivity index (χ3n) is 7.53. The molecule has 5 rings (SSSR count). The van der Waals surface area contributed by atoms with E-state index in [1.54, 1.807) is 42.3 Å². The van der Waals surface area contributed by atoms with Crippen LogP contribution < -0.4 is 19.7 Å². The van der Waals surface area contributed by atoms with E-state index < -0.39 is 12.0 Å². The summed E-state index contributed by atoms with van der Waals surface area (Å²) in [4.78, 5) is 40.7. The lowest BCUT2D eigenvalue weighted by atomic mass is 10.00. The standard InChI is InChI=1S/C36H36N2O6/c1-42-30-12-8-11-28(24-30)38(35(40)27-17-18-27)21-22-44-29-19-15-25(16-20-29)23-33(36(41)43-2)37-32-14-7-6-13-31(32)34(39)26-9-4-3-5-10-26/h3-16,19-20,24,27,33,37H,17-18,21-23H2,1-2H3/t33-/m0/s1. The Morgan fingerprint density at radius 3 is 2.27 bits per heavy atom. The van der Waals surface area contributed by atoms with Gasteiger partial charge in [-0.3, -0.25) is 9.59 Å². The summed E-state index contributed by atoms with van der Waals surface area (Å²) in [7, 11) is 2.95. The number of benzene rings is 4. The Kier molecular flexibility index (Phi) is 9.92. The number of methoxy groups -OCH3 is 2. The zero-order valence-corrected chi connectivity index (χ0v) is 24.9. The largest absolute Gasteiger partial charge is 0.497 e. The van der Waals surface area contributed by atoms with Gasteiger partial charge in [-0.25, -0.2) is 4.79 Å². The van der Waals surface area contributed by atoms with Crippen molar-refractivity contribution < 1.29 is 28.6 Å². The van der Waals surface area contributed by atoms with E-state index in [-0.39, 0.29) is 17.6 Å². The van der Waals surface area contributed by atoms with Crippen LogP contribution in [0.25, 0.3) is 0 Å². The van der Waals surface area contributed by atoms with E-state index in [1.807, 2.05) is 72.8 Å². The van der Waals surface area contributed by atoms with Gasteiger partial charge in [-0.15, -0.1) is 0 Å². The Balaban J connectivity index is 1.23. The molecular formula is C36H36N2O6. The van der Waals surface area contributed by atoms with Crippen LogP contribution in [0.3, 0.4) is 0 Å². The summed E-state index contributed by atoms with van der Waals surface area (Å²) in [6.45, 7) is 0.716. The van der Waals surface area contributed by atoms with E-state index in [0.717, 1.165) is 24.1 Å². The van der Waals surface area contributed by atoms with E-state index in [0.29, 0.717) is 47.9 Å². The Hall–Kier alpha value is -5.11. The highest BCUT2D eigenvalue weighted by atomic mass is 16.5. The van der Waals surface area contributed by atoms with Gasteiger partial charge < -0.3 is 24.4 Å². The first-order chi connectivity index (χ1) is 21.5. The minimum atomic E-state index is -0.721. The molecule has 1 fully saturated rings. The number of nitrogens with zero attached hydrogens (tertiary/aromatic N) is 1. The Morgan fingerprint density at radius 1 is 0.841 bits per heavy atom. The van der Waals surface area contributed by atoms with Crippen molar-refractivity contribution in [3.8, 4) is 11.5 Å². The van der Waals surface area contributed by atoms with Gasteiger partial charge >= 0.3 is 5.97 Å². The van der Waals surface area contributed by atoms with Crippen molar-refractivity contribution in [3.63, 3.8) is 0 Å². The number of nitrogens with one attached hydrogen (secondary N) is 1. The number of anilines is 2. The predicted octanol–water partition coefficient (Wildman–Crippen LogP) is 5.94. The summed E-state index contributed by atoms with van der Waals surface area (Å²) in [5.74, 6) is 0.942. The molecule has 0 aliphatic heterocycles. The van der Waals surface area contributed by atoms with Crippen LogP contribution in [0, 0.1) is 5.92 Å². The highest BCUT2D eigenvalue weighted by Crippen LogP contribution is 2.33. The summed E-state index contributed by atoms with van der Waals surface area (Å²) >= 11 is 0. The summed E-state index contributed by atoms with van der Waals surface area (Å²) < 4.78 is 16.4. The van der Waals surface area contributed by atoms with Gasteiger partial charge in [-0.05, 0) is 54.8 Å². The zero-order valence-electron chi connectivity index (χ0n) is 24.9. The molecule has 0 bridgehead atoms. The van der Waals surface area contributed by atoms with Crippen LogP contribution in [-0.4, -0.2) is 51.1 Å². The summed E-state index contributed by atoms with van der Waals surface area (Å²) in [6, 6.07) is 30.4. The molecule has 8 nitrogen and oxygen atoms in total. The first-order valence-electron chi connectivity index (χ1n) is 14.7. The van der Waals surface area contributed by atoms with Crippen LogP contribution in [0.5, 0.6) is 11.5 Å². The molecule has 4 aromatic carbocycles. The number of carbonyl (C=O) groups excluding carboxylic acids is 3. The maximum atomic E-state index is 13.2. The number of ether oxygens (including phenoxy) is 3. The van der Waals surface area contributed by atoms with Gasteiger partial charge in [-0.1, -0.05) is 60.7 Å². The topological polar surface area (TPSA) is 94.2 Å². The Morgan fingerprint density at radius 2 is 1.57 bits per heavy atom. The molecule has 226 valence electrons. The second-order valence-corrected chi connectivity index (χ2v) is 10.6. The molecule has 0 radical (unpaired) electrons. The summed E-state index contributed by atoms with van der Waals surface area (Å²) in [5.41, 5.74) is 3.26. The van der Waals surface area contributed by atoms with Gasteiger partial charge in [0.05, 0.1) is 20.8 Å². The summed E-state index contributed by atoms with van der Waals surface area (Å²) in [6.07, 6.45) is 2.16. The first-order valence-corrected chi connectivity index (χ1v) is 14.7. The number of ketones is 1. The second-order valence-electron chi connectivity index (χ2n) is 10.6. The van der Waals surface area contributed by atoms with E-state index in [9.17, 15) is 14.4 Å². The van der Waals surface area contributed by atoms with Crippen molar-refractivity contribution in [1.82, 2.24) is 0 Å². The average Bonchev–Trinajstić information content (AvgIpc) is 3.93. The van der Waals surface area contributed by atoms with Crippen molar-refractivity contribution >= 4 is 29.0 Å². The van der Waals surface area contributed by atoms with Crippen molar-refractivity contribution in [2.45, 2.75) is 25.3 Å². The van der Waals surface area contributed by atoms with E-state index in [4.69, 9.17) is 14.2 Å². The fourth-order valence-electron chi connectivity index (χ4n) is 4.98. The molecule has 1 aliphatic rings. The molecule has 1 saturated carbocycles. The van der Waals surface area contributed by atoms with Crippen LogP contribution in [0.15, 0.2) is 103 Å². The number of hydrogen-bond donors (Lipinski definition) is 1. The quantitative estimate of drug-likeness (QED) is 0.143. The molecule has 1 aliphatic carbocycles. The van der Waals surface area contributed by atoms with Gasteiger partial charge in [0.15, 0.2) is 5.78 Å². The zero-order chi connectivity index (χ0) is 30.9. The van der Waals surface area contributed by atoms with E-state index >= 15 is 0 Å². The monoisotopic (exact) mass is 592 g/mol. The predicted molar refractivity (Wildman–Crippen MR) is 169 cm³/mol. The second kappa shape index (κ2) is 14.4. The average molecular weight is 593 g/mol. The molecule has 0 aromatic heterocycles. The number of para-hydroxylation sites is 1. The minimum absolute atomic E-state index is 0.0697. The highest BCUT2D eigenvalue weighted by Gasteiger charge is 2.34. The first kappa shape index (κ1) is 30.4. The molecule has 0 saturated heterocycles. The van der Waals surface area contributed by atoms with Gasteiger partial charge in [0.1, 0.15) is 24.1 Å². The smallest absolute Gasteiger partial charge is 0.328 e. The van der Waals surface area contributed by atoms with Crippen LogP contribution in [0.2, 0.25) is 0 Å². The molecule has 4 aromatic rings. The Labute approximate surface area is 257 Å². The SMILES string of the molecule is COC(=O)[C@H](Cc1ccc(OCCN(C(=O)C2CC2)c2cccc(OC)c2)cc1)Nc1ccccc1C(=O)c1ccccc1. The lowest BCUT2D eigenvalue weighted by Gasteiger charge is -2.23. The normalized spacial score (nSPS) is 13.0. The van der Waals surface area contributed by atoms with Gasteiger partial charge in [0.2, 0.25) is 5.91 Å². The lowest BCUT2D eigenvalue weighted by Crippen LogP contribution is -2.35. The van der Waals surface area contributed by atoms with Crippen LogP contribution in [0.4, 0.5) is 11.4 Å². The molecule has 1 amide bonds. The van der Waals surface area contributed by atoms with Crippen molar-refractivity contribution in [1.29, 1.82) is 0 Å². The third kappa shape index (κ3) is 7.64. The fraction of sp³-hybridized carbons (Fsp3) is 0.250. The van der Waals surface area contributed by atoms with Gasteiger partial charge in [0, 0.05) is 40.9 Å². The number of carbonyl (C=O) groups is 3. The molecule has 0 unspecified atom stereocenters. The van der Waals surface area contributed by atoms with Crippen LogP contribution in [-0.2, 0) is 20.7 Å². The maximum absolute atomic E-state index is 13.2. The molecule has 0 heterocycles. The van der Waals surface area contributed by atoms with Crippen LogP contribution in [0.1, 0.15) is 34.3 Å². The fourth-order valence-corrected chi connectivity index (χ4v) is 4.98. The van der Waals surface area contributed by atoms with E-state index in [1.165, 1.54) is 7.11 Å². The molecule has 1 atom stereocenters. The number of rotatable bonds is 14. The maximum Gasteiger partial charge on any atom is 0.328 e. The Bertz CT molecular complexity index is 1580. The lowest BCUT2D eigenvalue weighted by molar-refractivity contribution is -0.141. The van der Waals surface area contributed by atoms with E-state index in [2.05, 4.69) is 5.32 Å². The third-order valence-corrected chi connectivity index (χ3v) is 7.53. The number of esters is 1. The molecule has 1 N–H and O–H groups in total. The molecule has 8 heteroatoms. The van der Waals surface area contributed by atoms with Gasteiger partial charge in [-0.2, -0.15) is 0 Å². The number of hydrogen-bond acceptors (Lipinski definition) is 7. The van der Waals surface area contributed by atoms with Crippen molar-refractivity contribution in [2.75, 3.05) is 37.6 Å². The number of amides is 1. The van der Waals surface area contributed by atoms with Crippen molar-refractivity contribution in [3.05, 3.63) is 120 Å². The molecule has 44 heavy (non-hydrogen) atoms. The minimum Gasteiger partial charge on any atom is -0.497 e. The van der Waals surface area contributed by atoms with Crippen LogP contribution >= 0.6 is 0 Å².